The van der Waals surface area contributed by atoms with Gasteiger partial charge >= 0.3 is 5.97 Å². The van der Waals surface area contributed by atoms with E-state index in [0.717, 1.165) is 11.1 Å². The van der Waals surface area contributed by atoms with Gasteiger partial charge in [0.15, 0.2) is 0 Å². The van der Waals surface area contributed by atoms with E-state index in [-0.39, 0.29) is 36.7 Å². The van der Waals surface area contributed by atoms with Gasteiger partial charge in [-0.15, -0.1) is 12.4 Å². The van der Waals surface area contributed by atoms with E-state index in [2.05, 4.69) is 0 Å². The normalized spacial score (nSPS) is 11.5. The number of nitrogens with two attached hydrogens (primary N) is 1. The summed E-state index contributed by atoms with van der Waals surface area (Å²) >= 11 is 6.10. The highest BCUT2D eigenvalue weighted by Crippen LogP contribution is 2.28. The van der Waals surface area contributed by atoms with E-state index >= 15 is 0 Å². The molecule has 0 fully saturated rings. The van der Waals surface area contributed by atoms with Crippen molar-refractivity contribution in [3.05, 3.63) is 58.9 Å². The fourth-order valence-corrected chi connectivity index (χ4v) is 2.57. The van der Waals surface area contributed by atoms with Crippen molar-refractivity contribution in [2.24, 2.45) is 5.73 Å². The Kier molecular flexibility index (Phi) is 8.19. The van der Waals surface area contributed by atoms with Crippen molar-refractivity contribution in [2.45, 2.75) is 25.8 Å². The molecule has 1 atom stereocenters. The van der Waals surface area contributed by atoms with Gasteiger partial charge in [-0.25, -0.2) is 4.39 Å². The minimum atomic E-state index is -0.329. The average molecular weight is 372 g/mol. The molecule has 0 unspecified atom stereocenters. The lowest BCUT2D eigenvalue weighted by atomic mass is 10.00. The van der Waals surface area contributed by atoms with Gasteiger partial charge in [-0.2, -0.15) is 0 Å². The first kappa shape index (κ1) is 20.4. The molecular weight excluding hydrogens is 352 g/mol. The zero-order chi connectivity index (χ0) is 16.8. The Morgan fingerprint density at radius 3 is 2.54 bits per heavy atom. The van der Waals surface area contributed by atoms with Crippen molar-refractivity contribution in [3.8, 4) is 11.1 Å². The summed E-state index contributed by atoms with van der Waals surface area (Å²) in [5.74, 6) is -0.618. The Bertz CT molecular complexity index is 677. The number of rotatable bonds is 6. The van der Waals surface area contributed by atoms with Crippen molar-refractivity contribution in [1.82, 2.24) is 0 Å². The number of carbonyl (C=O) groups is 1. The minimum Gasteiger partial charge on any atom is -0.466 e. The van der Waals surface area contributed by atoms with E-state index in [0.29, 0.717) is 23.6 Å². The number of esters is 1. The van der Waals surface area contributed by atoms with Gasteiger partial charge in [0, 0.05) is 16.6 Å². The second kappa shape index (κ2) is 9.62. The first-order valence-corrected chi connectivity index (χ1v) is 7.83. The molecule has 2 N–H and O–H groups in total. The van der Waals surface area contributed by atoms with Crippen LogP contribution in [0.4, 0.5) is 4.39 Å². The van der Waals surface area contributed by atoms with E-state index in [1.807, 2.05) is 24.3 Å². The zero-order valence-electron chi connectivity index (χ0n) is 13.3. The van der Waals surface area contributed by atoms with Crippen LogP contribution in [0.3, 0.4) is 0 Å². The third-order valence-corrected chi connectivity index (χ3v) is 3.76. The molecule has 0 aliphatic rings. The van der Waals surface area contributed by atoms with E-state index < -0.39 is 0 Å². The monoisotopic (exact) mass is 371 g/mol. The molecule has 0 amide bonds. The van der Waals surface area contributed by atoms with Crippen LogP contribution in [0.5, 0.6) is 0 Å². The molecule has 0 spiro atoms. The smallest absolute Gasteiger partial charge is 0.307 e. The zero-order valence-corrected chi connectivity index (χ0v) is 14.9. The van der Waals surface area contributed by atoms with Crippen molar-refractivity contribution < 1.29 is 13.9 Å². The lowest BCUT2D eigenvalue weighted by Gasteiger charge is -2.12. The van der Waals surface area contributed by atoms with Crippen LogP contribution >= 0.6 is 24.0 Å². The standard InChI is InChI=1S/C18H19ClFNO2.ClH/c1-2-23-18(22)11-15(21)9-12-3-5-13(6-4-12)16-10-14(20)7-8-17(16)19;/h3-8,10,15H,2,9,11,21H2,1H3;1H/t15-;/m1./s1. The maximum absolute atomic E-state index is 13.3. The van der Waals surface area contributed by atoms with Crippen LogP contribution in [0.25, 0.3) is 11.1 Å². The fraction of sp³-hybridized carbons (Fsp3) is 0.278. The SMILES string of the molecule is CCOC(=O)C[C@H](N)Cc1ccc(-c2cc(F)ccc2Cl)cc1.Cl. The molecule has 0 heterocycles. The fourth-order valence-electron chi connectivity index (χ4n) is 2.35. The van der Waals surface area contributed by atoms with E-state index in [1.54, 1.807) is 6.92 Å². The maximum atomic E-state index is 13.3. The highest BCUT2D eigenvalue weighted by atomic mass is 35.5. The molecule has 130 valence electrons. The van der Waals surface area contributed by atoms with Gasteiger partial charge in [-0.05, 0) is 42.7 Å². The lowest BCUT2D eigenvalue weighted by Crippen LogP contribution is -2.27. The Balaban J connectivity index is 0.00000288. The Morgan fingerprint density at radius 1 is 1.25 bits per heavy atom. The van der Waals surface area contributed by atoms with Crippen LogP contribution in [0.1, 0.15) is 18.9 Å². The van der Waals surface area contributed by atoms with E-state index in [1.165, 1.54) is 18.2 Å². The summed E-state index contributed by atoms with van der Waals surface area (Å²) in [7, 11) is 0. The Hall–Kier alpha value is -1.62. The molecule has 0 radical (unpaired) electrons. The summed E-state index contributed by atoms with van der Waals surface area (Å²) in [6.45, 7) is 2.12. The summed E-state index contributed by atoms with van der Waals surface area (Å²) in [4.78, 5) is 11.4. The summed E-state index contributed by atoms with van der Waals surface area (Å²) < 4.78 is 18.2. The van der Waals surface area contributed by atoms with Crippen LogP contribution in [-0.4, -0.2) is 18.6 Å². The third kappa shape index (κ3) is 5.78. The molecule has 2 aromatic rings. The maximum Gasteiger partial charge on any atom is 0.307 e. The van der Waals surface area contributed by atoms with Crippen LogP contribution in [-0.2, 0) is 16.0 Å². The van der Waals surface area contributed by atoms with Crippen molar-refractivity contribution in [2.75, 3.05) is 6.61 Å². The summed E-state index contributed by atoms with van der Waals surface area (Å²) in [5.41, 5.74) is 8.43. The molecule has 0 aliphatic carbocycles. The largest absolute Gasteiger partial charge is 0.466 e. The number of halogens is 3. The second-order valence-corrected chi connectivity index (χ2v) is 5.70. The number of hydrogen-bond acceptors (Lipinski definition) is 3. The van der Waals surface area contributed by atoms with E-state index in [9.17, 15) is 9.18 Å². The molecule has 0 saturated carbocycles. The van der Waals surface area contributed by atoms with Gasteiger partial charge in [0.2, 0.25) is 0 Å². The van der Waals surface area contributed by atoms with Gasteiger partial charge in [0.05, 0.1) is 13.0 Å². The van der Waals surface area contributed by atoms with Crippen LogP contribution in [0.2, 0.25) is 5.02 Å². The molecular formula is C18H20Cl2FNO2. The van der Waals surface area contributed by atoms with Gasteiger partial charge in [0.25, 0.3) is 0 Å². The third-order valence-electron chi connectivity index (χ3n) is 3.43. The van der Waals surface area contributed by atoms with Crippen molar-refractivity contribution in [1.29, 1.82) is 0 Å². The van der Waals surface area contributed by atoms with Gasteiger partial charge in [-0.1, -0.05) is 35.9 Å². The highest BCUT2D eigenvalue weighted by molar-refractivity contribution is 6.33. The van der Waals surface area contributed by atoms with E-state index in [4.69, 9.17) is 22.1 Å². The van der Waals surface area contributed by atoms with Crippen molar-refractivity contribution in [3.63, 3.8) is 0 Å². The molecule has 3 nitrogen and oxygen atoms in total. The molecule has 6 heteroatoms. The molecule has 2 aromatic carbocycles. The predicted octanol–water partition coefficient (Wildman–Crippen LogP) is 4.39. The van der Waals surface area contributed by atoms with Gasteiger partial charge in [-0.3, -0.25) is 4.79 Å². The minimum absolute atomic E-state index is 0. The van der Waals surface area contributed by atoms with Gasteiger partial charge < -0.3 is 10.5 Å². The number of benzene rings is 2. The molecule has 0 aromatic heterocycles. The molecule has 2 rings (SSSR count). The van der Waals surface area contributed by atoms with Crippen LogP contribution in [0.15, 0.2) is 42.5 Å². The molecule has 24 heavy (non-hydrogen) atoms. The first-order valence-electron chi connectivity index (χ1n) is 7.45. The number of ether oxygens (including phenoxy) is 1. The molecule has 0 aliphatic heterocycles. The topological polar surface area (TPSA) is 52.3 Å². The van der Waals surface area contributed by atoms with Crippen LogP contribution in [0, 0.1) is 5.82 Å². The van der Waals surface area contributed by atoms with Crippen molar-refractivity contribution >= 4 is 30.0 Å². The van der Waals surface area contributed by atoms with Crippen LogP contribution < -0.4 is 5.73 Å². The highest BCUT2D eigenvalue weighted by Gasteiger charge is 2.11. The summed E-state index contributed by atoms with van der Waals surface area (Å²) in [6, 6.07) is 11.5. The molecule has 0 bridgehead atoms. The molecule has 0 saturated heterocycles. The lowest BCUT2D eigenvalue weighted by molar-refractivity contribution is -0.143. The van der Waals surface area contributed by atoms with Gasteiger partial charge in [0.1, 0.15) is 5.82 Å². The summed E-state index contributed by atoms with van der Waals surface area (Å²) in [6.07, 6.45) is 0.751. The average Bonchev–Trinajstić information content (AvgIpc) is 2.50. The first-order chi connectivity index (χ1) is 11.0. The summed E-state index contributed by atoms with van der Waals surface area (Å²) in [5, 5.41) is 0.498. The second-order valence-electron chi connectivity index (χ2n) is 5.29. The Labute approximate surface area is 152 Å². The Morgan fingerprint density at radius 2 is 1.92 bits per heavy atom. The quantitative estimate of drug-likeness (QED) is 0.766. The number of hydrogen-bond donors (Lipinski definition) is 1. The predicted molar refractivity (Wildman–Crippen MR) is 97.0 cm³/mol. The number of carbonyl (C=O) groups excluding carboxylic acids is 1.